The third-order valence-electron chi connectivity index (χ3n) is 3.57. The Bertz CT molecular complexity index is 396. The lowest BCUT2D eigenvalue weighted by molar-refractivity contribution is -0.421. The van der Waals surface area contributed by atoms with Crippen LogP contribution in [0, 0.1) is 16.0 Å². The van der Waals surface area contributed by atoms with Crippen LogP contribution in [-0.4, -0.2) is 47.4 Å². The normalized spacial score (nSPS) is 18.3. The molecule has 1 saturated heterocycles. The minimum atomic E-state index is -0.289. The minimum absolute atomic E-state index is 0.205. The second kappa shape index (κ2) is 7.43. The SMILES string of the molecule is CC/C=C(C)/C(=C\N(C)C1CN(CC(C)C)C1)[N+](=O)[O-]. The van der Waals surface area contributed by atoms with Crippen LogP contribution >= 0.6 is 0 Å². The fraction of sp³-hybridized carbons (Fsp3) is 0.733. The number of likely N-dealkylation sites (N-methyl/N-ethyl adjacent to an activating group) is 1. The Balaban J connectivity index is 2.63. The molecule has 0 aliphatic carbocycles. The molecule has 1 rings (SSSR count). The number of rotatable bonds is 7. The zero-order valence-electron chi connectivity index (χ0n) is 13.3. The monoisotopic (exact) mass is 281 g/mol. The predicted octanol–water partition coefficient (Wildman–Crippen LogP) is 2.73. The van der Waals surface area contributed by atoms with Crippen LogP contribution in [0.2, 0.25) is 0 Å². The van der Waals surface area contributed by atoms with Crippen molar-refractivity contribution < 1.29 is 4.92 Å². The average Bonchev–Trinajstić information content (AvgIpc) is 2.29. The topological polar surface area (TPSA) is 49.6 Å². The molecule has 20 heavy (non-hydrogen) atoms. The Morgan fingerprint density at radius 1 is 1.50 bits per heavy atom. The maximum absolute atomic E-state index is 11.1. The van der Waals surface area contributed by atoms with E-state index in [1.165, 1.54) is 0 Å². The van der Waals surface area contributed by atoms with Crippen molar-refractivity contribution >= 4 is 0 Å². The van der Waals surface area contributed by atoms with E-state index in [4.69, 9.17) is 0 Å². The molecule has 0 amide bonds. The molecule has 0 aromatic carbocycles. The van der Waals surface area contributed by atoms with Crippen molar-refractivity contribution in [1.82, 2.24) is 9.80 Å². The van der Waals surface area contributed by atoms with Gasteiger partial charge in [0.15, 0.2) is 0 Å². The van der Waals surface area contributed by atoms with Crippen molar-refractivity contribution in [2.45, 2.75) is 40.2 Å². The maximum atomic E-state index is 11.1. The lowest BCUT2D eigenvalue weighted by atomic mass is 10.1. The Morgan fingerprint density at radius 3 is 2.55 bits per heavy atom. The van der Waals surface area contributed by atoms with Gasteiger partial charge in [-0.05, 0) is 19.3 Å². The maximum Gasteiger partial charge on any atom is 0.287 e. The molecule has 1 heterocycles. The summed E-state index contributed by atoms with van der Waals surface area (Å²) in [5, 5.41) is 11.1. The summed E-state index contributed by atoms with van der Waals surface area (Å²) in [5.41, 5.74) is 0.944. The lowest BCUT2D eigenvalue weighted by Gasteiger charge is -2.44. The van der Waals surface area contributed by atoms with Crippen LogP contribution in [0.3, 0.4) is 0 Å². The van der Waals surface area contributed by atoms with Gasteiger partial charge < -0.3 is 4.90 Å². The zero-order valence-corrected chi connectivity index (χ0v) is 13.3. The van der Waals surface area contributed by atoms with Gasteiger partial charge in [0.25, 0.3) is 5.70 Å². The fourth-order valence-corrected chi connectivity index (χ4v) is 2.47. The number of nitro groups is 1. The number of likely N-dealkylation sites (tertiary alicyclic amines) is 1. The third-order valence-corrected chi connectivity index (χ3v) is 3.57. The van der Waals surface area contributed by atoms with E-state index >= 15 is 0 Å². The largest absolute Gasteiger partial charge is 0.369 e. The van der Waals surface area contributed by atoms with E-state index in [9.17, 15) is 10.1 Å². The van der Waals surface area contributed by atoms with Gasteiger partial charge in [0.2, 0.25) is 0 Å². The van der Waals surface area contributed by atoms with Crippen molar-refractivity contribution in [1.29, 1.82) is 0 Å². The molecule has 114 valence electrons. The van der Waals surface area contributed by atoms with Gasteiger partial charge >= 0.3 is 0 Å². The highest BCUT2D eigenvalue weighted by Crippen LogP contribution is 2.18. The van der Waals surface area contributed by atoms with Gasteiger partial charge in [-0.2, -0.15) is 0 Å². The molecule has 1 aliphatic heterocycles. The molecule has 0 unspecified atom stereocenters. The summed E-state index contributed by atoms with van der Waals surface area (Å²) in [6, 6.07) is 0.387. The average molecular weight is 281 g/mol. The molecular weight excluding hydrogens is 254 g/mol. The number of nitrogens with zero attached hydrogens (tertiary/aromatic N) is 3. The highest BCUT2D eigenvalue weighted by Gasteiger charge is 2.30. The van der Waals surface area contributed by atoms with E-state index in [1.54, 1.807) is 13.1 Å². The number of hydrogen-bond donors (Lipinski definition) is 0. The van der Waals surface area contributed by atoms with E-state index in [-0.39, 0.29) is 10.6 Å². The highest BCUT2D eigenvalue weighted by atomic mass is 16.6. The van der Waals surface area contributed by atoms with Crippen LogP contribution in [0.25, 0.3) is 0 Å². The molecule has 0 saturated carbocycles. The van der Waals surface area contributed by atoms with Crippen molar-refractivity contribution in [2.24, 2.45) is 5.92 Å². The molecule has 5 heteroatoms. The summed E-state index contributed by atoms with van der Waals surface area (Å²) in [7, 11) is 1.93. The van der Waals surface area contributed by atoms with Crippen LogP contribution in [0.1, 0.15) is 34.1 Å². The molecule has 0 atom stereocenters. The quantitative estimate of drug-likeness (QED) is 0.409. The molecule has 0 aromatic heterocycles. The van der Waals surface area contributed by atoms with E-state index in [0.717, 1.165) is 31.6 Å². The summed E-state index contributed by atoms with van der Waals surface area (Å²) < 4.78 is 0. The Kier molecular flexibility index (Phi) is 6.20. The standard InChI is InChI=1S/C15H27N3O2/c1-6-7-13(4)15(18(19)20)11-16(5)14-9-17(10-14)8-12(2)3/h7,11-12,14H,6,8-10H2,1-5H3/b13-7+,15-11+. The van der Waals surface area contributed by atoms with E-state index < -0.39 is 0 Å². The van der Waals surface area contributed by atoms with Crippen LogP contribution in [-0.2, 0) is 0 Å². The van der Waals surface area contributed by atoms with Gasteiger partial charge in [0, 0.05) is 32.3 Å². The summed E-state index contributed by atoms with van der Waals surface area (Å²) in [6.07, 6.45) is 4.39. The van der Waals surface area contributed by atoms with Gasteiger partial charge in [-0.3, -0.25) is 15.0 Å². The third kappa shape index (κ3) is 4.63. The zero-order chi connectivity index (χ0) is 15.3. The second-order valence-corrected chi connectivity index (χ2v) is 6.00. The molecule has 1 fully saturated rings. The van der Waals surface area contributed by atoms with Gasteiger partial charge in [-0.25, -0.2) is 0 Å². The molecule has 0 aromatic rings. The van der Waals surface area contributed by atoms with Crippen LogP contribution in [0.5, 0.6) is 0 Å². The first-order valence-corrected chi connectivity index (χ1v) is 7.32. The summed E-state index contributed by atoms with van der Waals surface area (Å²) >= 11 is 0. The summed E-state index contributed by atoms with van der Waals surface area (Å²) in [4.78, 5) is 15.2. The molecule has 0 bridgehead atoms. The Morgan fingerprint density at radius 2 is 2.10 bits per heavy atom. The molecule has 1 aliphatic rings. The first-order valence-electron chi connectivity index (χ1n) is 7.32. The van der Waals surface area contributed by atoms with Crippen molar-refractivity contribution in [3.63, 3.8) is 0 Å². The molecular formula is C15H27N3O2. The first-order chi connectivity index (χ1) is 9.35. The molecule has 0 spiro atoms. The first kappa shape index (κ1) is 16.7. The predicted molar refractivity (Wildman–Crippen MR) is 82.0 cm³/mol. The lowest BCUT2D eigenvalue weighted by Crippen LogP contribution is -2.57. The molecule has 5 nitrogen and oxygen atoms in total. The Hall–Kier alpha value is -1.36. The molecule has 0 radical (unpaired) electrons. The van der Waals surface area contributed by atoms with Gasteiger partial charge in [-0.15, -0.1) is 0 Å². The highest BCUT2D eigenvalue weighted by molar-refractivity contribution is 5.22. The van der Waals surface area contributed by atoms with E-state index in [2.05, 4.69) is 18.7 Å². The van der Waals surface area contributed by atoms with Gasteiger partial charge in [0.1, 0.15) is 0 Å². The van der Waals surface area contributed by atoms with Crippen molar-refractivity contribution in [3.05, 3.63) is 33.7 Å². The number of hydrogen-bond acceptors (Lipinski definition) is 4. The summed E-state index contributed by atoms with van der Waals surface area (Å²) in [6.45, 7) is 11.3. The van der Waals surface area contributed by atoms with Gasteiger partial charge in [0.05, 0.1) is 17.2 Å². The Labute approximate surface area is 122 Å². The smallest absolute Gasteiger partial charge is 0.287 e. The second-order valence-electron chi connectivity index (χ2n) is 6.00. The van der Waals surface area contributed by atoms with Gasteiger partial charge in [-0.1, -0.05) is 26.8 Å². The van der Waals surface area contributed by atoms with Crippen molar-refractivity contribution in [3.8, 4) is 0 Å². The van der Waals surface area contributed by atoms with E-state index in [0.29, 0.717) is 12.0 Å². The van der Waals surface area contributed by atoms with Crippen LogP contribution in [0.4, 0.5) is 0 Å². The number of allylic oxidation sites excluding steroid dienone is 2. The van der Waals surface area contributed by atoms with Crippen LogP contribution < -0.4 is 0 Å². The van der Waals surface area contributed by atoms with Crippen molar-refractivity contribution in [2.75, 3.05) is 26.7 Å². The van der Waals surface area contributed by atoms with Crippen LogP contribution in [0.15, 0.2) is 23.5 Å². The minimum Gasteiger partial charge on any atom is -0.369 e. The van der Waals surface area contributed by atoms with E-state index in [1.807, 2.05) is 24.9 Å². The molecule has 0 N–H and O–H groups in total. The summed E-state index contributed by atoms with van der Waals surface area (Å²) in [5.74, 6) is 0.667. The fourth-order valence-electron chi connectivity index (χ4n) is 2.47.